The molecule has 2 rings (SSSR count). The summed E-state index contributed by atoms with van der Waals surface area (Å²) < 4.78 is 9.86. The van der Waals surface area contributed by atoms with Crippen LogP contribution in [0.15, 0.2) is 0 Å². The topological polar surface area (TPSA) is 95.5 Å². The summed E-state index contributed by atoms with van der Waals surface area (Å²) in [6.07, 6.45) is 0. The van der Waals surface area contributed by atoms with Crippen molar-refractivity contribution in [2.24, 2.45) is 0 Å². The van der Waals surface area contributed by atoms with E-state index in [0.717, 1.165) is 10.0 Å². The molecule has 0 spiro atoms. The van der Waals surface area contributed by atoms with Crippen molar-refractivity contribution >= 4 is 40.4 Å². The second-order valence-corrected chi connectivity index (χ2v) is 7.39. The van der Waals surface area contributed by atoms with Crippen molar-refractivity contribution < 1.29 is 23.9 Å². The molecule has 7 nitrogen and oxygen atoms in total. The maximum absolute atomic E-state index is 11.9. The van der Waals surface area contributed by atoms with E-state index in [4.69, 9.17) is 9.47 Å². The Bertz CT molecular complexity index is 730. The summed E-state index contributed by atoms with van der Waals surface area (Å²) in [5.41, 5.74) is 1.13. The minimum absolute atomic E-state index is 0.369. The van der Waals surface area contributed by atoms with Gasteiger partial charge in [0, 0.05) is 0 Å². The number of carbonyl (C=O) groups is 3. The molecule has 0 radical (unpaired) electrons. The largest absolute Gasteiger partial charge is 0.453 e. The molecular formula is C15H16N2O5S2. The molecule has 0 atom stereocenters. The number of aryl methyl sites for hydroxylation is 4. The Labute approximate surface area is 146 Å². The Morgan fingerprint density at radius 3 is 1.46 bits per heavy atom. The molecular weight excluding hydrogens is 352 g/mol. The molecule has 0 saturated carbocycles. The zero-order valence-corrected chi connectivity index (χ0v) is 15.3. The Morgan fingerprint density at radius 1 is 0.792 bits per heavy atom. The van der Waals surface area contributed by atoms with E-state index in [1.54, 1.807) is 27.7 Å². The highest BCUT2D eigenvalue weighted by atomic mass is 32.1. The predicted molar refractivity (Wildman–Crippen MR) is 88.7 cm³/mol. The maximum Gasteiger partial charge on any atom is 0.350 e. The van der Waals surface area contributed by atoms with Crippen LogP contribution >= 0.6 is 22.7 Å². The highest BCUT2D eigenvalue weighted by Gasteiger charge is 2.19. The molecule has 0 fully saturated rings. The summed E-state index contributed by atoms with van der Waals surface area (Å²) in [5.74, 6) is -1.71. The monoisotopic (exact) mass is 368 g/mol. The first-order chi connectivity index (χ1) is 11.3. The molecule has 0 aromatic carbocycles. The van der Waals surface area contributed by atoms with Crippen molar-refractivity contribution in [2.75, 3.05) is 13.2 Å². The number of Topliss-reactive ketones (excluding diaryl/α,β-unsaturated/α-hetero) is 1. The van der Waals surface area contributed by atoms with E-state index in [1.165, 1.54) is 22.7 Å². The minimum atomic E-state index is -0.605. The number of hydrogen-bond acceptors (Lipinski definition) is 9. The summed E-state index contributed by atoms with van der Waals surface area (Å²) in [6, 6.07) is 0. The number of esters is 2. The Kier molecular flexibility index (Phi) is 5.79. The summed E-state index contributed by atoms with van der Waals surface area (Å²) >= 11 is 2.41. The van der Waals surface area contributed by atoms with Crippen molar-refractivity contribution in [1.82, 2.24) is 9.97 Å². The average molecular weight is 368 g/mol. The van der Waals surface area contributed by atoms with Gasteiger partial charge in [-0.25, -0.2) is 19.6 Å². The normalized spacial score (nSPS) is 10.5. The summed E-state index contributed by atoms with van der Waals surface area (Å²) in [7, 11) is 0. The van der Waals surface area contributed by atoms with Gasteiger partial charge >= 0.3 is 11.9 Å². The van der Waals surface area contributed by atoms with Gasteiger partial charge < -0.3 is 9.47 Å². The van der Waals surface area contributed by atoms with E-state index < -0.39 is 30.9 Å². The van der Waals surface area contributed by atoms with Crippen molar-refractivity contribution in [3.63, 3.8) is 0 Å². The second-order valence-electron chi connectivity index (χ2n) is 4.99. The first-order valence-corrected chi connectivity index (χ1v) is 8.65. The molecule has 2 aromatic rings. The molecule has 0 aliphatic rings. The molecule has 128 valence electrons. The van der Waals surface area contributed by atoms with E-state index in [0.29, 0.717) is 21.1 Å². The molecule has 0 N–H and O–H groups in total. The van der Waals surface area contributed by atoms with Gasteiger partial charge in [0.15, 0.2) is 13.2 Å². The van der Waals surface area contributed by atoms with Gasteiger partial charge in [-0.05, 0) is 27.7 Å². The number of ether oxygens (including phenoxy) is 2. The van der Waals surface area contributed by atoms with Gasteiger partial charge in [-0.2, -0.15) is 0 Å². The van der Waals surface area contributed by atoms with Crippen LogP contribution in [0.4, 0.5) is 0 Å². The zero-order chi connectivity index (χ0) is 17.9. The van der Waals surface area contributed by atoms with Gasteiger partial charge in [0.2, 0.25) is 5.78 Å². The van der Waals surface area contributed by atoms with Gasteiger partial charge in [0.1, 0.15) is 9.75 Å². The molecule has 0 aliphatic heterocycles. The summed E-state index contributed by atoms with van der Waals surface area (Å²) in [4.78, 5) is 44.4. The van der Waals surface area contributed by atoms with Gasteiger partial charge in [0.25, 0.3) is 0 Å². The van der Waals surface area contributed by atoms with Gasteiger partial charge in [-0.3, -0.25) is 4.79 Å². The third kappa shape index (κ3) is 4.45. The van der Waals surface area contributed by atoms with E-state index >= 15 is 0 Å². The minimum Gasteiger partial charge on any atom is -0.453 e. The molecule has 24 heavy (non-hydrogen) atoms. The van der Waals surface area contributed by atoms with Crippen LogP contribution in [0.3, 0.4) is 0 Å². The fourth-order valence-corrected chi connectivity index (χ4v) is 3.53. The third-order valence-corrected chi connectivity index (χ3v) is 5.01. The molecule has 0 aliphatic carbocycles. The fraction of sp³-hybridized carbons (Fsp3) is 0.400. The highest BCUT2D eigenvalue weighted by Crippen LogP contribution is 2.19. The van der Waals surface area contributed by atoms with Crippen LogP contribution in [0, 0.1) is 27.7 Å². The lowest BCUT2D eigenvalue weighted by Crippen LogP contribution is -2.20. The Morgan fingerprint density at radius 2 is 1.17 bits per heavy atom. The number of carbonyl (C=O) groups excluding carboxylic acids is 3. The van der Waals surface area contributed by atoms with Crippen LogP contribution in [-0.2, 0) is 14.3 Å². The predicted octanol–water partition coefficient (Wildman–Crippen LogP) is 2.42. The van der Waals surface area contributed by atoms with Crippen molar-refractivity contribution in [3.8, 4) is 0 Å². The van der Waals surface area contributed by atoms with Crippen molar-refractivity contribution in [3.05, 3.63) is 31.2 Å². The number of thiazole rings is 2. The molecule has 0 amide bonds. The second kappa shape index (κ2) is 7.63. The molecule has 0 unspecified atom stereocenters. The van der Waals surface area contributed by atoms with Crippen molar-refractivity contribution in [2.45, 2.75) is 27.7 Å². The van der Waals surface area contributed by atoms with Crippen LogP contribution in [0.25, 0.3) is 0 Å². The molecule has 0 bridgehead atoms. The lowest BCUT2D eigenvalue weighted by Gasteiger charge is -2.04. The average Bonchev–Trinajstić information content (AvgIpc) is 3.03. The standard InChI is InChI=1S/C15H16N2O5S2/c1-7-12(23-9(3)16-7)14(19)21-5-11(18)6-22-15(20)13-8(2)17-10(4)24-13/h5-6H2,1-4H3. The van der Waals surface area contributed by atoms with Gasteiger partial charge in [0.05, 0.1) is 21.4 Å². The van der Waals surface area contributed by atoms with Gasteiger partial charge in [-0.1, -0.05) is 0 Å². The fourth-order valence-electron chi connectivity index (χ4n) is 1.91. The molecule has 9 heteroatoms. The lowest BCUT2D eigenvalue weighted by atomic mass is 10.4. The molecule has 2 aromatic heterocycles. The third-order valence-electron chi connectivity index (χ3n) is 2.91. The molecule has 2 heterocycles. The Balaban J connectivity index is 1.81. The zero-order valence-electron chi connectivity index (χ0n) is 13.7. The highest BCUT2D eigenvalue weighted by molar-refractivity contribution is 7.14. The van der Waals surface area contributed by atoms with Crippen LogP contribution in [-0.4, -0.2) is 40.9 Å². The van der Waals surface area contributed by atoms with E-state index in [-0.39, 0.29) is 0 Å². The summed E-state index contributed by atoms with van der Waals surface area (Å²) in [5, 5.41) is 1.49. The first-order valence-electron chi connectivity index (χ1n) is 7.02. The SMILES string of the molecule is Cc1nc(C)c(C(=O)OCC(=O)COC(=O)c2sc(C)nc2C)s1. The van der Waals surface area contributed by atoms with E-state index in [9.17, 15) is 14.4 Å². The molecule has 0 saturated heterocycles. The maximum atomic E-state index is 11.9. The first kappa shape index (κ1) is 18.2. The number of ketones is 1. The number of rotatable bonds is 6. The van der Waals surface area contributed by atoms with Crippen LogP contribution in [0.5, 0.6) is 0 Å². The Hall–Kier alpha value is -2.13. The smallest absolute Gasteiger partial charge is 0.350 e. The van der Waals surface area contributed by atoms with Crippen LogP contribution in [0.2, 0.25) is 0 Å². The van der Waals surface area contributed by atoms with E-state index in [1.807, 2.05) is 0 Å². The van der Waals surface area contributed by atoms with Gasteiger partial charge in [-0.15, -0.1) is 22.7 Å². The van der Waals surface area contributed by atoms with Crippen molar-refractivity contribution in [1.29, 1.82) is 0 Å². The quantitative estimate of drug-likeness (QED) is 0.723. The van der Waals surface area contributed by atoms with E-state index in [2.05, 4.69) is 9.97 Å². The van der Waals surface area contributed by atoms with Crippen LogP contribution in [0.1, 0.15) is 40.7 Å². The lowest BCUT2D eigenvalue weighted by molar-refractivity contribution is -0.125. The van der Waals surface area contributed by atoms with Crippen LogP contribution < -0.4 is 0 Å². The number of nitrogens with zero attached hydrogens (tertiary/aromatic N) is 2. The number of hydrogen-bond donors (Lipinski definition) is 0. The summed E-state index contributed by atoms with van der Waals surface area (Å²) in [6.45, 7) is 6.04. The number of aromatic nitrogens is 2.